The fourth-order valence-corrected chi connectivity index (χ4v) is 2.40. The molecule has 22 heavy (non-hydrogen) atoms. The first kappa shape index (κ1) is 20.6. The Morgan fingerprint density at radius 2 is 1.95 bits per heavy atom. The summed E-state index contributed by atoms with van der Waals surface area (Å²) >= 11 is 0. The fraction of sp³-hybridized carbons (Fsp3) is 0.364. The first-order valence-corrected chi connectivity index (χ1v) is 7.20. The Hall–Kier alpha value is -1.36. The highest BCUT2D eigenvalue weighted by Gasteiger charge is 2.29. The topological polar surface area (TPSA) is 101 Å². The summed E-state index contributed by atoms with van der Waals surface area (Å²) in [6.45, 7) is -1.09. The lowest BCUT2D eigenvalue weighted by molar-refractivity contribution is -0.114. The van der Waals surface area contributed by atoms with Gasteiger partial charge in [-0.05, 0) is 18.2 Å². The summed E-state index contributed by atoms with van der Waals surface area (Å²) in [5.41, 5.74) is 4.43. The highest BCUT2D eigenvalue weighted by molar-refractivity contribution is 7.89. The van der Waals surface area contributed by atoms with Crippen molar-refractivity contribution in [3.8, 4) is 0 Å². The first-order valence-electron chi connectivity index (χ1n) is 5.72. The Kier molecular flexibility index (Phi) is 7.29. The minimum atomic E-state index is -4.28. The molecule has 11 heteroatoms. The van der Waals surface area contributed by atoms with Gasteiger partial charge in [-0.1, -0.05) is 0 Å². The number of carbonyl (C=O) groups is 1. The van der Waals surface area contributed by atoms with E-state index >= 15 is 0 Å². The number of amides is 1. The quantitative estimate of drug-likeness (QED) is 0.705. The summed E-state index contributed by atoms with van der Waals surface area (Å²) in [6, 6.07) is 2.53. The second-order valence-electron chi connectivity index (χ2n) is 4.21. The zero-order chi connectivity index (χ0) is 16.3. The Balaban J connectivity index is 0.00000441. The standard InChI is InChI=1S/C11H14F3N3O3S.ClH/c1-7(18)17-10-4-8(2-3-9(10)12)21(19,20)16-6-11(13,14)5-15;/h2-4,16H,5-6,15H2,1H3,(H,17,18);1H. The molecule has 0 heterocycles. The van der Waals surface area contributed by atoms with Crippen LogP contribution in [0.3, 0.4) is 0 Å². The average Bonchev–Trinajstić information content (AvgIpc) is 2.39. The summed E-state index contributed by atoms with van der Waals surface area (Å²) < 4.78 is 64.6. The van der Waals surface area contributed by atoms with E-state index in [-0.39, 0.29) is 18.1 Å². The maximum absolute atomic E-state index is 13.4. The Labute approximate surface area is 131 Å². The van der Waals surface area contributed by atoms with Crippen molar-refractivity contribution in [1.29, 1.82) is 0 Å². The summed E-state index contributed by atoms with van der Waals surface area (Å²) in [5, 5.41) is 2.09. The van der Waals surface area contributed by atoms with Gasteiger partial charge in [0.25, 0.3) is 5.92 Å². The number of sulfonamides is 1. The molecule has 0 atom stereocenters. The smallest absolute Gasteiger partial charge is 0.273 e. The normalized spacial score (nSPS) is 11.7. The number of hydrogen-bond acceptors (Lipinski definition) is 4. The van der Waals surface area contributed by atoms with Crippen LogP contribution in [0.15, 0.2) is 23.1 Å². The summed E-state index contributed by atoms with van der Waals surface area (Å²) in [4.78, 5) is 10.4. The Morgan fingerprint density at radius 1 is 1.36 bits per heavy atom. The highest BCUT2D eigenvalue weighted by atomic mass is 35.5. The summed E-state index contributed by atoms with van der Waals surface area (Å²) in [5.74, 6) is -4.85. The summed E-state index contributed by atoms with van der Waals surface area (Å²) in [6.07, 6.45) is 0. The van der Waals surface area contributed by atoms with E-state index in [0.29, 0.717) is 0 Å². The Morgan fingerprint density at radius 3 is 2.45 bits per heavy atom. The van der Waals surface area contributed by atoms with Gasteiger partial charge in [0.05, 0.1) is 23.7 Å². The maximum atomic E-state index is 13.4. The van der Waals surface area contributed by atoms with Crippen molar-refractivity contribution in [3.05, 3.63) is 24.0 Å². The molecule has 0 aliphatic carbocycles. The van der Waals surface area contributed by atoms with Gasteiger partial charge in [-0.2, -0.15) is 0 Å². The van der Waals surface area contributed by atoms with E-state index in [9.17, 15) is 26.4 Å². The van der Waals surface area contributed by atoms with Gasteiger partial charge in [-0.15, -0.1) is 12.4 Å². The van der Waals surface area contributed by atoms with Gasteiger partial charge in [0.1, 0.15) is 5.82 Å². The van der Waals surface area contributed by atoms with E-state index < -0.39 is 45.7 Å². The van der Waals surface area contributed by atoms with Crippen molar-refractivity contribution >= 4 is 34.0 Å². The largest absolute Gasteiger partial charge is 0.325 e. The van der Waals surface area contributed by atoms with Gasteiger partial charge >= 0.3 is 0 Å². The van der Waals surface area contributed by atoms with Crippen LogP contribution in [-0.2, 0) is 14.8 Å². The molecule has 1 rings (SSSR count). The number of anilines is 1. The molecule has 126 valence electrons. The highest BCUT2D eigenvalue weighted by Crippen LogP contribution is 2.20. The van der Waals surface area contributed by atoms with Crippen LogP contribution in [0.25, 0.3) is 0 Å². The number of halogens is 4. The number of benzene rings is 1. The van der Waals surface area contributed by atoms with Gasteiger partial charge in [0.2, 0.25) is 15.9 Å². The van der Waals surface area contributed by atoms with E-state index in [1.165, 1.54) is 0 Å². The van der Waals surface area contributed by atoms with Crippen LogP contribution in [0.1, 0.15) is 6.92 Å². The first-order chi connectivity index (χ1) is 9.57. The van der Waals surface area contributed by atoms with E-state index in [1.54, 1.807) is 4.72 Å². The molecule has 0 unspecified atom stereocenters. The van der Waals surface area contributed by atoms with Gasteiger partial charge in [0.15, 0.2) is 0 Å². The number of rotatable bonds is 6. The van der Waals surface area contributed by atoms with Crippen molar-refractivity contribution < 1.29 is 26.4 Å². The van der Waals surface area contributed by atoms with Crippen molar-refractivity contribution in [1.82, 2.24) is 4.72 Å². The predicted octanol–water partition coefficient (Wildman–Crippen LogP) is 1.08. The molecule has 6 nitrogen and oxygen atoms in total. The molecule has 0 saturated carbocycles. The maximum Gasteiger partial charge on any atom is 0.273 e. The lowest BCUT2D eigenvalue weighted by Crippen LogP contribution is -2.41. The zero-order valence-electron chi connectivity index (χ0n) is 11.4. The van der Waals surface area contributed by atoms with E-state index in [4.69, 9.17) is 5.73 Å². The lowest BCUT2D eigenvalue weighted by Gasteiger charge is -2.15. The lowest BCUT2D eigenvalue weighted by atomic mass is 10.3. The average molecular weight is 362 g/mol. The summed E-state index contributed by atoms with van der Waals surface area (Å²) in [7, 11) is -4.28. The van der Waals surface area contributed by atoms with Gasteiger partial charge in [-0.25, -0.2) is 26.3 Å². The monoisotopic (exact) mass is 361 g/mol. The van der Waals surface area contributed by atoms with E-state index in [0.717, 1.165) is 25.1 Å². The second-order valence-corrected chi connectivity index (χ2v) is 5.97. The second kappa shape index (κ2) is 7.77. The number of carbonyl (C=O) groups excluding carboxylic acids is 1. The fourth-order valence-electron chi connectivity index (χ4n) is 1.31. The molecular weight excluding hydrogens is 347 g/mol. The number of hydrogen-bond donors (Lipinski definition) is 3. The van der Waals surface area contributed by atoms with Crippen molar-refractivity contribution in [2.45, 2.75) is 17.7 Å². The number of nitrogens with two attached hydrogens (primary N) is 1. The molecule has 0 aliphatic rings. The van der Waals surface area contributed by atoms with Crippen LogP contribution in [-0.4, -0.2) is 33.3 Å². The van der Waals surface area contributed by atoms with Crippen molar-refractivity contribution in [2.75, 3.05) is 18.4 Å². The molecule has 1 aromatic carbocycles. The van der Waals surface area contributed by atoms with E-state index in [2.05, 4.69) is 5.32 Å². The third-order valence-corrected chi connectivity index (χ3v) is 3.78. The molecule has 4 N–H and O–H groups in total. The van der Waals surface area contributed by atoms with E-state index in [1.807, 2.05) is 0 Å². The van der Waals surface area contributed by atoms with Crippen molar-refractivity contribution in [3.63, 3.8) is 0 Å². The van der Waals surface area contributed by atoms with Crippen LogP contribution < -0.4 is 15.8 Å². The van der Waals surface area contributed by atoms with Crippen LogP contribution >= 0.6 is 12.4 Å². The molecule has 0 saturated heterocycles. The number of alkyl halides is 2. The van der Waals surface area contributed by atoms with Gasteiger partial charge in [0, 0.05) is 6.92 Å². The van der Waals surface area contributed by atoms with Gasteiger partial charge < -0.3 is 11.1 Å². The Bertz CT molecular complexity index is 641. The SMILES string of the molecule is CC(=O)Nc1cc(S(=O)(=O)NCC(F)(F)CN)ccc1F.Cl. The van der Waals surface area contributed by atoms with Gasteiger partial charge in [-0.3, -0.25) is 4.79 Å². The van der Waals surface area contributed by atoms with Crippen LogP contribution in [0, 0.1) is 5.82 Å². The van der Waals surface area contributed by atoms with Crippen LogP contribution in [0.5, 0.6) is 0 Å². The molecular formula is C11H15ClF3N3O3S. The molecule has 0 bridgehead atoms. The van der Waals surface area contributed by atoms with Crippen LogP contribution in [0.4, 0.5) is 18.9 Å². The molecule has 1 amide bonds. The van der Waals surface area contributed by atoms with Crippen molar-refractivity contribution in [2.24, 2.45) is 5.73 Å². The molecule has 0 aromatic heterocycles. The molecule has 0 fully saturated rings. The zero-order valence-corrected chi connectivity index (χ0v) is 13.0. The minimum Gasteiger partial charge on any atom is -0.325 e. The molecule has 1 aromatic rings. The van der Waals surface area contributed by atoms with Crippen LogP contribution in [0.2, 0.25) is 0 Å². The molecule has 0 spiro atoms. The number of nitrogens with one attached hydrogen (secondary N) is 2. The third-order valence-electron chi connectivity index (χ3n) is 2.38. The predicted molar refractivity (Wildman–Crippen MR) is 77.1 cm³/mol. The molecule has 0 aliphatic heterocycles. The minimum absolute atomic E-state index is 0. The molecule has 0 radical (unpaired) electrons. The third kappa shape index (κ3) is 5.79.